The van der Waals surface area contributed by atoms with Gasteiger partial charge in [0.15, 0.2) is 11.6 Å². The SMILES string of the molecule is CC1CCC(c2ccc(-c3ccc(-c4ccc(F)c(F)c4)c(F)c3)cc2)CC1. The second kappa shape index (κ2) is 7.83. The average molecular weight is 380 g/mol. The van der Waals surface area contributed by atoms with Crippen molar-refractivity contribution in [1.82, 2.24) is 0 Å². The molecule has 4 rings (SSSR count). The summed E-state index contributed by atoms with van der Waals surface area (Å²) in [7, 11) is 0. The zero-order valence-electron chi connectivity index (χ0n) is 15.9. The van der Waals surface area contributed by atoms with Gasteiger partial charge in [0.25, 0.3) is 0 Å². The fourth-order valence-corrected chi connectivity index (χ4v) is 4.13. The summed E-state index contributed by atoms with van der Waals surface area (Å²) in [6.07, 6.45) is 5.03. The van der Waals surface area contributed by atoms with Crippen LogP contribution in [0.5, 0.6) is 0 Å². The normalized spacial score (nSPS) is 19.6. The maximum Gasteiger partial charge on any atom is 0.159 e. The molecule has 0 radical (unpaired) electrons. The Balaban J connectivity index is 1.56. The predicted octanol–water partition coefficient (Wildman–Crippen LogP) is 7.73. The largest absolute Gasteiger partial charge is 0.206 e. The van der Waals surface area contributed by atoms with E-state index in [-0.39, 0.29) is 5.56 Å². The summed E-state index contributed by atoms with van der Waals surface area (Å²) in [5.74, 6) is -0.917. The van der Waals surface area contributed by atoms with E-state index >= 15 is 0 Å². The van der Waals surface area contributed by atoms with Crippen molar-refractivity contribution in [2.24, 2.45) is 5.92 Å². The van der Waals surface area contributed by atoms with Gasteiger partial charge in [0.2, 0.25) is 0 Å². The monoisotopic (exact) mass is 380 g/mol. The molecule has 3 heteroatoms. The number of halogens is 3. The molecule has 1 aliphatic rings. The first-order valence-corrected chi connectivity index (χ1v) is 9.86. The third kappa shape index (κ3) is 3.84. The molecule has 0 unspecified atom stereocenters. The second-order valence-corrected chi connectivity index (χ2v) is 7.90. The summed E-state index contributed by atoms with van der Waals surface area (Å²) in [6.45, 7) is 2.32. The fraction of sp³-hybridized carbons (Fsp3) is 0.280. The molecule has 144 valence electrons. The molecule has 3 aromatic rings. The van der Waals surface area contributed by atoms with Gasteiger partial charge in [-0.3, -0.25) is 0 Å². The van der Waals surface area contributed by atoms with E-state index < -0.39 is 17.5 Å². The van der Waals surface area contributed by atoms with Crippen molar-refractivity contribution in [3.05, 3.63) is 83.7 Å². The van der Waals surface area contributed by atoms with Crippen LogP contribution in [0, 0.1) is 23.4 Å². The molecule has 28 heavy (non-hydrogen) atoms. The molecule has 0 heterocycles. The quantitative estimate of drug-likeness (QED) is 0.436. The van der Waals surface area contributed by atoms with Crippen LogP contribution >= 0.6 is 0 Å². The second-order valence-electron chi connectivity index (χ2n) is 7.90. The molecule has 0 bridgehead atoms. The van der Waals surface area contributed by atoms with Gasteiger partial charge in [0, 0.05) is 5.56 Å². The van der Waals surface area contributed by atoms with Crippen LogP contribution in [0.15, 0.2) is 60.7 Å². The lowest BCUT2D eigenvalue weighted by Gasteiger charge is -2.26. The maximum atomic E-state index is 14.6. The van der Waals surface area contributed by atoms with Crippen LogP contribution in [-0.2, 0) is 0 Å². The highest BCUT2D eigenvalue weighted by Crippen LogP contribution is 2.36. The minimum atomic E-state index is -0.978. The third-order valence-corrected chi connectivity index (χ3v) is 5.93. The lowest BCUT2D eigenvalue weighted by atomic mass is 9.79. The Hall–Kier alpha value is -2.55. The Morgan fingerprint density at radius 2 is 1.21 bits per heavy atom. The Labute approximate surface area is 164 Å². The maximum absolute atomic E-state index is 14.6. The third-order valence-electron chi connectivity index (χ3n) is 5.93. The van der Waals surface area contributed by atoms with Crippen molar-refractivity contribution in [1.29, 1.82) is 0 Å². The van der Waals surface area contributed by atoms with Crippen molar-refractivity contribution in [2.45, 2.75) is 38.5 Å². The van der Waals surface area contributed by atoms with Crippen LogP contribution in [0.1, 0.15) is 44.1 Å². The van der Waals surface area contributed by atoms with Crippen molar-refractivity contribution in [3.63, 3.8) is 0 Å². The zero-order valence-corrected chi connectivity index (χ0v) is 15.9. The zero-order chi connectivity index (χ0) is 19.7. The highest BCUT2D eigenvalue weighted by molar-refractivity contribution is 5.71. The molecule has 0 nitrogen and oxygen atoms in total. The van der Waals surface area contributed by atoms with Crippen LogP contribution in [0.25, 0.3) is 22.3 Å². The molecule has 0 amide bonds. The Kier molecular flexibility index (Phi) is 5.25. The van der Waals surface area contributed by atoms with Crippen molar-refractivity contribution in [2.75, 3.05) is 0 Å². The van der Waals surface area contributed by atoms with Crippen LogP contribution in [-0.4, -0.2) is 0 Å². The van der Waals surface area contributed by atoms with E-state index in [4.69, 9.17) is 0 Å². The van der Waals surface area contributed by atoms with Gasteiger partial charge in [-0.15, -0.1) is 0 Å². The average Bonchev–Trinajstić information content (AvgIpc) is 2.71. The first kappa shape index (κ1) is 18.8. The van der Waals surface area contributed by atoms with Gasteiger partial charge >= 0.3 is 0 Å². The highest BCUT2D eigenvalue weighted by Gasteiger charge is 2.19. The highest BCUT2D eigenvalue weighted by atomic mass is 19.2. The van der Waals surface area contributed by atoms with E-state index in [1.165, 1.54) is 43.4 Å². The van der Waals surface area contributed by atoms with Gasteiger partial charge in [-0.25, -0.2) is 13.2 Å². The predicted molar refractivity (Wildman–Crippen MR) is 108 cm³/mol. The molecular formula is C25H23F3. The van der Waals surface area contributed by atoms with E-state index in [1.54, 1.807) is 6.07 Å². The summed E-state index contributed by atoms with van der Waals surface area (Å²) in [5.41, 5.74) is 3.66. The number of rotatable bonds is 3. The minimum Gasteiger partial charge on any atom is -0.206 e. The van der Waals surface area contributed by atoms with Crippen molar-refractivity contribution in [3.8, 4) is 22.3 Å². The summed E-state index contributed by atoms with van der Waals surface area (Å²) in [4.78, 5) is 0. The fourth-order valence-electron chi connectivity index (χ4n) is 4.13. The summed E-state index contributed by atoms with van der Waals surface area (Å²) in [5, 5.41) is 0. The summed E-state index contributed by atoms with van der Waals surface area (Å²) >= 11 is 0. The molecule has 0 spiro atoms. The van der Waals surface area contributed by atoms with Gasteiger partial charge in [-0.1, -0.05) is 62.2 Å². The molecule has 0 aliphatic heterocycles. The van der Waals surface area contributed by atoms with Crippen LogP contribution in [0.4, 0.5) is 13.2 Å². The minimum absolute atomic E-state index is 0.260. The smallest absolute Gasteiger partial charge is 0.159 e. The van der Waals surface area contributed by atoms with Crippen LogP contribution < -0.4 is 0 Å². The first-order chi connectivity index (χ1) is 13.5. The Bertz CT molecular complexity index is 968. The Morgan fingerprint density at radius 3 is 1.86 bits per heavy atom. The molecule has 3 aromatic carbocycles. The standard InChI is InChI=1S/C25H23F3/c1-16-2-4-17(5-3-16)18-6-8-19(9-7-18)20-10-12-22(24(27)14-20)21-11-13-23(26)25(28)15-21/h6-17H,2-5H2,1H3. The summed E-state index contributed by atoms with van der Waals surface area (Å²) < 4.78 is 41.2. The summed E-state index contributed by atoms with van der Waals surface area (Å²) in [6, 6.07) is 16.7. The van der Waals surface area contributed by atoms with Gasteiger partial charge in [-0.05, 0) is 65.1 Å². The van der Waals surface area contributed by atoms with E-state index in [0.717, 1.165) is 29.2 Å². The molecule has 1 saturated carbocycles. The molecule has 0 N–H and O–H groups in total. The van der Waals surface area contributed by atoms with Gasteiger partial charge in [0.1, 0.15) is 5.82 Å². The van der Waals surface area contributed by atoms with E-state index in [0.29, 0.717) is 11.5 Å². The van der Waals surface area contributed by atoms with Crippen LogP contribution in [0.2, 0.25) is 0 Å². The number of hydrogen-bond acceptors (Lipinski definition) is 0. The van der Waals surface area contributed by atoms with Crippen LogP contribution in [0.3, 0.4) is 0 Å². The molecule has 0 aromatic heterocycles. The number of hydrogen-bond donors (Lipinski definition) is 0. The van der Waals surface area contributed by atoms with E-state index in [9.17, 15) is 13.2 Å². The molecular weight excluding hydrogens is 357 g/mol. The Morgan fingerprint density at radius 1 is 0.607 bits per heavy atom. The van der Waals surface area contributed by atoms with E-state index in [1.807, 2.05) is 18.2 Å². The van der Waals surface area contributed by atoms with Gasteiger partial charge in [-0.2, -0.15) is 0 Å². The topological polar surface area (TPSA) is 0 Å². The van der Waals surface area contributed by atoms with Gasteiger partial charge < -0.3 is 0 Å². The molecule has 1 fully saturated rings. The lowest BCUT2D eigenvalue weighted by molar-refractivity contribution is 0.348. The van der Waals surface area contributed by atoms with Crippen molar-refractivity contribution < 1.29 is 13.2 Å². The molecule has 0 saturated heterocycles. The number of benzene rings is 3. The molecule has 1 aliphatic carbocycles. The van der Waals surface area contributed by atoms with Gasteiger partial charge in [0.05, 0.1) is 0 Å². The first-order valence-electron chi connectivity index (χ1n) is 9.86. The van der Waals surface area contributed by atoms with E-state index in [2.05, 4.69) is 19.1 Å². The lowest BCUT2D eigenvalue weighted by Crippen LogP contribution is -2.10. The molecule has 0 atom stereocenters. The van der Waals surface area contributed by atoms with Crippen molar-refractivity contribution >= 4 is 0 Å².